The Morgan fingerprint density at radius 2 is 2.03 bits per heavy atom. The van der Waals surface area contributed by atoms with Crippen molar-refractivity contribution in [2.75, 3.05) is 11.1 Å². The van der Waals surface area contributed by atoms with Crippen LogP contribution in [0.4, 0.5) is 11.4 Å². The molecular weight excluding hydrogens is 394 g/mol. The standard InChI is InChI=1S/C19H17N5O4S/c1-2-10-29-19-21-18-15(22-23-19)11-6-3-4-8-13(11)20-17(28-18)12-7-5-9-14(16(12)25)24(26)27/h3-9,17,20,25H,2,10H2,1H3/p-1/t17-/m1/s1. The Kier molecular flexibility index (Phi) is 5.17. The van der Waals surface area contributed by atoms with Gasteiger partial charge in [0.25, 0.3) is 5.69 Å². The number of rotatable bonds is 5. The third kappa shape index (κ3) is 3.66. The minimum Gasteiger partial charge on any atom is -0.868 e. The number of nitro benzene ring substituents is 1. The molecule has 2 heterocycles. The Balaban J connectivity index is 1.82. The first-order valence-corrected chi connectivity index (χ1v) is 9.91. The summed E-state index contributed by atoms with van der Waals surface area (Å²) in [5, 5.41) is 35.9. The maximum atomic E-state index is 12.6. The van der Waals surface area contributed by atoms with Gasteiger partial charge in [-0.25, -0.2) is 0 Å². The van der Waals surface area contributed by atoms with Crippen molar-refractivity contribution in [3.05, 3.63) is 58.1 Å². The minimum atomic E-state index is -0.967. The molecule has 1 atom stereocenters. The van der Waals surface area contributed by atoms with Crippen molar-refractivity contribution in [3.63, 3.8) is 0 Å². The Morgan fingerprint density at radius 1 is 1.21 bits per heavy atom. The second-order valence-electron chi connectivity index (χ2n) is 6.24. The van der Waals surface area contributed by atoms with Crippen molar-refractivity contribution in [1.29, 1.82) is 0 Å². The molecular formula is C19H16N5O4S-. The van der Waals surface area contributed by atoms with Crippen LogP contribution in [0.5, 0.6) is 11.6 Å². The highest BCUT2D eigenvalue weighted by Crippen LogP contribution is 2.41. The largest absolute Gasteiger partial charge is 0.868 e. The fourth-order valence-electron chi connectivity index (χ4n) is 2.93. The Hall–Kier alpha value is -3.40. The molecule has 0 unspecified atom stereocenters. The zero-order valence-corrected chi connectivity index (χ0v) is 16.2. The van der Waals surface area contributed by atoms with E-state index in [1.807, 2.05) is 24.3 Å². The minimum absolute atomic E-state index is 0.114. The predicted octanol–water partition coefficient (Wildman–Crippen LogP) is 3.53. The molecule has 0 spiro atoms. The van der Waals surface area contributed by atoms with E-state index in [0.29, 0.717) is 16.5 Å². The maximum Gasteiger partial charge on any atom is 0.262 e. The van der Waals surface area contributed by atoms with Crippen LogP contribution < -0.4 is 15.2 Å². The Bertz CT molecular complexity index is 1080. The van der Waals surface area contributed by atoms with Crippen LogP contribution >= 0.6 is 11.8 Å². The Labute approximate surface area is 170 Å². The van der Waals surface area contributed by atoms with Crippen LogP contribution in [-0.4, -0.2) is 25.9 Å². The van der Waals surface area contributed by atoms with Crippen molar-refractivity contribution >= 4 is 23.1 Å². The fraction of sp³-hybridized carbons (Fsp3) is 0.211. The number of nitrogens with zero attached hydrogens (tertiary/aromatic N) is 4. The molecule has 1 aliphatic heterocycles. The molecule has 0 aliphatic carbocycles. The van der Waals surface area contributed by atoms with Gasteiger partial charge in [-0.2, -0.15) is 4.98 Å². The number of benzene rings is 2. The average Bonchev–Trinajstić information content (AvgIpc) is 2.88. The predicted molar refractivity (Wildman–Crippen MR) is 106 cm³/mol. The molecule has 0 bridgehead atoms. The first-order valence-electron chi connectivity index (χ1n) is 8.93. The van der Waals surface area contributed by atoms with E-state index in [4.69, 9.17) is 4.74 Å². The topological polar surface area (TPSA) is 126 Å². The molecule has 1 aromatic heterocycles. The van der Waals surface area contributed by atoms with E-state index in [1.54, 1.807) is 0 Å². The van der Waals surface area contributed by atoms with Crippen LogP contribution in [0.15, 0.2) is 47.6 Å². The van der Waals surface area contributed by atoms with E-state index in [-0.39, 0.29) is 11.4 Å². The number of thioether (sulfide) groups is 1. The number of para-hydroxylation sites is 2. The summed E-state index contributed by atoms with van der Waals surface area (Å²) >= 11 is 1.45. The van der Waals surface area contributed by atoms with E-state index in [0.717, 1.165) is 17.7 Å². The van der Waals surface area contributed by atoms with Gasteiger partial charge in [-0.3, -0.25) is 10.1 Å². The first-order chi connectivity index (χ1) is 14.1. The van der Waals surface area contributed by atoms with Gasteiger partial charge < -0.3 is 15.2 Å². The zero-order valence-electron chi connectivity index (χ0n) is 15.4. The van der Waals surface area contributed by atoms with Crippen molar-refractivity contribution in [1.82, 2.24) is 15.2 Å². The lowest BCUT2D eigenvalue weighted by Crippen LogP contribution is -2.19. The summed E-state index contributed by atoms with van der Waals surface area (Å²) in [7, 11) is 0. The molecule has 1 aliphatic rings. The molecule has 2 aromatic carbocycles. The number of nitrogens with one attached hydrogen (secondary N) is 1. The van der Waals surface area contributed by atoms with Gasteiger partial charge in [-0.15, -0.1) is 10.2 Å². The van der Waals surface area contributed by atoms with Crippen molar-refractivity contribution in [3.8, 4) is 22.9 Å². The van der Waals surface area contributed by atoms with Gasteiger partial charge >= 0.3 is 0 Å². The molecule has 4 rings (SSSR count). The number of anilines is 1. The molecule has 0 saturated heterocycles. The summed E-state index contributed by atoms with van der Waals surface area (Å²) in [5.74, 6) is 0.333. The maximum absolute atomic E-state index is 12.6. The smallest absolute Gasteiger partial charge is 0.262 e. The summed E-state index contributed by atoms with van der Waals surface area (Å²) in [6.45, 7) is 2.05. The fourth-order valence-corrected chi connectivity index (χ4v) is 3.57. The molecule has 0 saturated carbocycles. The van der Waals surface area contributed by atoms with Crippen LogP contribution in [0, 0.1) is 10.1 Å². The summed E-state index contributed by atoms with van der Waals surface area (Å²) < 4.78 is 6.00. The van der Waals surface area contributed by atoms with E-state index in [1.165, 1.54) is 30.0 Å². The van der Waals surface area contributed by atoms with Crippen LogP contribution in [0.25, 0.3) is 11.3 Å². The quantitative estimate of drug-likeness (QED) is 0.382. The highest BCUT2D eigenvalue weighted by molar-refractivity contribution is 7.99. The number of nitro groups is 1. The third-order valence-corrected chi connectivity index (χ3v) is 5.32. The van der Waals surface area contributed by atoms with Crippen LogP contribution in [-0.2, 0) is 0 Å². The van der Waals surface area contributed by atoms with E-state index < -0.39 is 22.6 Å². The van der Waals surface area contributed by atoms with E-state index >= 15 is 0 Å². The lowest BCUT2D eigenvalue weighted by atomic mass is 10.1. The number of fused-ring (bicyclic) bond motifs is 3. The summed E-state index contributed by atoms with van der Waals surface area (Å²) in [4.78, 5) is 14.9. The monoisotopic (exact) mass is 410 g/mol. The number of hydrogen-bond donors (Lipinski definition) is 1. The van der Waals surface area contributed by atoms with Gasteiger partial charge in [0.05, 0.1) is 4.92 Å². The summed E-state index contributed by atoms with van der Waals surface area (Å²) in [5.41, 5.74) is 1.42. The van der Waals surface area contributed by atoms with Crippen molar-refractivity contribution in [2.45, 2.75) is 24.7 Å². The van der Waals surface area contributed by atoms with Crippen LogP contribution in [0.3, 0.4) is 0 Å². The molecule has 0 amide bonds. The van der Waals surface area contributed by atoms with Crippen molar-refractivity contribution in [2.24, 2.45) is 0 Å². The lowest BCUT2D eigenvalue weighted by molar-refractivity contribution is -0.398. The number of ether oxygens (including phenoxy) is 1. The second-order valence-corrected chi connectivity index (χ2v) is 7.30. The van der Waals surface area contributed by atoms with Gasteiger partial charge in [0.2, 0.25) is 11.0 Å². The molecule has 10 heteroatoms. The molecule has 0 fully saturated rings. The number of hydrogen-bond acceptors (Lipinski definition) is 9. The van der Waals surface area contributed by atoms with Crippen molar-refractivity contribution < 1.29 is 14.8 Å². The Morgan fingerprint density at radius 3 is 2.83 bits per heavy atom. The van der Waals surface area contributed by atoms with E-state index in [9.17, 15) is 15.2 Å². The van der Waals surface area contributed by atoms with Gasteiger partial charge in [0.1, 0.15) is 0 Å². The number of aromatic nitrogens is 3. The first kappa shape index (κ1) is 18.9. The third-order valence-electron chi connectivity index (χ3n) is 4.27. The molecule has 148 valence electrons. The van der Waals surface area contributed by atoms with Gasteiger partial charge in [-0.1, -0.05) is 49.0 Å². The molecule has 29 heavy (non-hydrogen) atoms. The SMILES string of the molecule is CCCSc1nnc2c(n1)O[C@H](c1cccc([N+](=O)[O-])c1[O-])Nc1ccccc1-2. The highest BCUT2D eigenvalue weighted by Gasteiger charge is 2.27. The van der Waals surface area contributed by atoms with E-state index in [2.05, 4.69) is 27.4 Å². The van der Waals surface area contributed by atoms with Gasteiger partial charge in [0.15, 0.2) is 11.9 Å². The van der Waals surface area contributed by atoms with Gasteiger partial charge in [-0.05, 0) is 18.2 Å². The van der Waals surface area contributed by atoms with Crippen LogP contribution in [0.1, 0.15) is 25.1 Å². The highest BCUT2D eigenvalue weighted by atomic mass is 32.2. The van der Waals surface area contributed by atoms with Gasteiger partial charge in [0, 0.05) is 28.6 Å². The molecule has 3 aromatic rings. The summed E-state index contributed by atoms with van der Waals surface area (Å²) in [6, 6.07) is 11.5. The molecule has 9 nitrogen and oxygen atoms in total. The lowest BCUT2D eigenvalue weighted by Gasteiger charge is -2.23. The van der Waals surface area contributed by atoms with Crippen LogP contribution in [0.2, 0.25) is 0 Å². The normalized spacial score (nSPS) is 14.7. The second kappa shape index (κ2) is 7.92. The zero-order chi connectivity index (χ0) is 20.4. The average molecular weight is 410 g/mol. The molecule has 0 radical (unpaired) electrons. The summed E-state index contributed by atoms with van der Waals surface area (Å²) in [6.07, 6.45) is -0.0165. The molecule has 1 N–H and O–H groups in total.